The highest BCUT2D eigenvalue weighted by molar-refractivity contribution is 5.76. The maximum absolute atomic E-state index is 13.2. The Hall–Kier alpha value is -1.59. The van der Waals surface area contributed by atoms with Gasteiger partial charge in [0.15, 0.2) is 6.29 Å². The summed E-state index contributed by atoms with van der Waals surface area (Å²) in [4.78, 5) is 13.2. The lowest BCUT2D eigenvalue weighted by Crippen LogP contribution is -2.60. The third-order valence-electron chi connectivity index (χ3n) is 20.4. The summed E-state index contributed by atoms with van der Waals surface area (Å²) >= 11 is 0. The molecule has 0 saturated carbocycles. The summed E-state index contributed by atoms with van der Waals surface area (Å²) in [5.74, 6) is -0.181. The minimum Gasteiger partial charge on any atom is -0.394 e. The van der Waals surface area contributed by atoms with Crippen molar-refractivity contribution in [2.24, 2.45) is 0 Å². The van der Waals surface area contributed by atoms with Gasteiger partial charge in [0.2, 0.25) is 5.91 Å². The van der Waals surface area contributed by atoms with Crippen molar-refractivity contribution >= 4 is 5.91 Å². The van der Waals surface area contributed by atoms with Crippen molar-refractivity contribution in [3.63, 3.8) is 0 Å². The number of hydrogen-bond donors (Lipinski definition) is 6. The van der Waals surface area contributed by atoms with Gasteiger partial charge in [0.05, 0.1) is 25.4 Å². The van der Waals surface area contributed by atoms with Gasteiger partial charge in [0, 0.05) is 6.42 Å². The maximum Gasteiger partial charge on any atom is 0.220 e. The lowest BCUT2D eigenvalue weighted by Gasteiger charge is -2.40. The fourth-order valence-corrected chi connectivity index (χ4v) is 13.9. The van der Waals surface area contributed by atoms with Gasteiger partial charge < -0.3 is 40.3 Å². The molecule has 1 aliphatic heterocycles. The number of carbonyl (C=O) groups excluding carboxylic acids is 1. The topological polar surface area (TPSA) is 149 Å². The minimum absolute atomic E-state index is 0.181. The first kappa shape index (κ1) is 90.4. The molecule has 7 unspecified atom stereocenters. The fraction of sp³-hybridized carbons (Fsp3) is 0.918. The van der Waals surface area contributed by atoms with Crippen LogP contribution in [0, 0.1) is 0 Å². The maximum atomic E-state index is 13.2. The average Bonchev–Trinajstić information content (AvgIpc) is 0.829. The van der Waals surface area contributed by atoms with E-state index in [4.69, 9.17) is 9.47 Å². The lowest BCUT2D eigenvalue weighted by atomic mass is 9.99. The predicted molar refractivity (Wildman–Crippen MR) is 406 cm³/mol. The zero-order valence-corrected chi connectivity index (χ0v) is 62.8. The number of amides is 1. The van der Waals surface area contributed by atoms with Gasteiger partial charge in [-0.15, -0.1) is 0 Å². The van der Waals surface area contributed by atoms with Crippen LogP contribution < -0.4 is 5.32 Å². The van der Waals surface area contributed by atoms with Crippen LogP contribution >= 0.6 is 0 Å². The second-order valence-electron chi connectivity index (χ2n) is 29.6. The van der Waals surface area contributed by atoms with E-state index in [1.54, 1.807) is 6.08 Å². The van der Waals surface area contributed by atoms with Crippen LogP contribution in [0.25, 0.3) is 0 Å². The number of rotatable bonds is 76. The molecule has 7 atom stereocenters. The molecule has 1 saturated heterocycles. The fourth-order valence-electron chi connectivity index (χ4n) is 13.9. The molecule has 0 radical (unpaired) electrons. The predicted octanol–water partition coefficient (Wildman–Crippen LogP) is 24.5. The van der Waals surface area contributed by atoms with E-state index in [9.17, 15) is 30.3 Å². The molecule has 1 heterocycles. The molecule has 556 valence electrons. The van der Waals surface area contributed by atoms with Crippen LogP contribution in [0.4, 0.5) is 0 Å². The van der Waals surface area contributed by atoms with E-state index in [1.807, 2.05) is 6.08 Å². The normalized spacial score (nSPS) is 17.6. The highest BCUT2D eigenvalue weighted by Crippen LogP contribution is 2.24. The molecule has 0 aliphatic carbocycles. The molecule has 94 heavy (non-hydrogen) atoms. The van der Waals surface area contributed by atoms with E-state index in [0.29, 0.717) is 6.42 Å². The van der Waals surface area contributed by atoms with E-state index < -0.39 is 49.5 Å². The van der Waals surface area contributed by atoms with Gasteiger partial charge in [-0.1, -0.05) is 429 Å². The summed E-state index contributed by atoms with van der Waals surface area (Å²) in [5, 5.41) is 54.9. The highest BCUT2D eigenvalue weighted by atomic mass is 16.7. The SMILES string of the molecule is CCCCCCCCCCCCCCCCCCCCCCC/C=C/CC/C=C/CC/C=C/C(O)C(COC1OC(CO)C(O)C(O)C1O)NC(=O)CCCCCCCCCCCCCCCCCCCCCCCCCCCCCCCCCCCCCCCCCC. The van der Waals surface area contributed by atoms with Crippen LogP contribution in [0.2, 0.25) is 0 Å². The van der Waals surface area contributed by atoms with E-state index >= 15 is 0 Å². The van der Waals surface area contributed by atoms with E-state index in [2.05, 4.69) is 43.5 Å². The van der Waals surface area contributed by atoms with Gasteiger partial charge in [-0.05, 0) is 44.9 Å². The Morgan fingerprint density at radius 3 is 0.894 bits per heavy atom. The molecule has 1 fully saturated rings. The molecule has 0 spiro atoms. The number of aliphatic hydroxyl groups is 5. The lowest BCUT2D eigenvalue weighted by molar-refractivity contribution is -0.302. The molecule has 1 rings (SSSR count). The molecule has 0 aromatic carbocycles. The van der Waals surface area contributed by atoms with Gasteiger partial charge in [-0.3, -0.25) is 4.79 Å². The zero-order chi connectivity index (χ0) is 67.8. The molecule has 0 aromatic rings. The van der Waals surface area contributed by atoms with Gasteiger partial charge in [0.25, 0.3) is 0 Å². The first-order valence-electron chi connectivity index (χ1n) is 42.2. The van der Waals surface area contributed by atoms with Crippen molar-refractivity contribution < 1.29 is 39.8 Å². The van der Waals surface area contributed by atoms with Crippen molar-refractivity contribution in [2.45, 2.75) is 487 Å². The Balaban J connectivity index is 2.05. The van der Waals surface area contributed by atoms with Crippen LogP contribution in [0.15, 0.2) is 36.5 Å². The molecular weight excluding hydrogens is 1160 g/mol. The van der Waals surface area contributed by atoms with Crippen molar-refractivity contribution in [2.75, 3.05) is 13.2 Å². The molecule has 0 aromatic heterocycles. The molecule has 1 amide bonds. The Bertz CT molecular complexity index is 1590. The Morgan fingerprint density at radius 1 is 0.351 bits per heavy atom. The van der Waals surface area contributed by atoms with Crippen LogP contribution in [0.3, 0.4) is 0 Å². The number of nitrogens with one attached hydrogen (secondary N) is 1. The summed E-state index contributed by atoms with van der Waals surface area (Å²) in [7, 11) is 0. The number of unbranched alkanes of at least 4 members (excludes halogenated alkanes) is 62. The molecule has 9 heteroatoms. The first-order valence-corrected chi connectivity index (χ1v) is 42.2. The van der Waals surface area contributed by atoms with Gasteiger partial charge >= 0.3 is 0 Å². The largest absolute Gasteiger partial charge is 0.394 e. The second kappa shape index (κ2) is 74.1. The molecule has 1 aliphatic rings. The number of aliphatic hydroxyl groups excluding tert-OH is 5. The van der Waals surface area contributed by atoms with Gasteiger partial charge in [-0.2, -0.15) is 0 Å². The smallest absolute Gasteiger partial charge is 0.220 e. The van der Waals surface area contributed by atoms with Gasteiger partial charge in [-0.25, -0.2) is 0 Å². The second-order valence-corrected chi connectivity index (χ2v) is 29.6. The zero-order valence-electron chi connectivity index (χ0n) is 62.8. The van der Waals surface area contributed by atoms with Crippen LogP contribution in [0.5, 0.6) is 0 Å². The molecule has 0 bridgehead atoms. The number of allylic oxidation sites excluding steroid dienone is 5. The number of carbonyl (C=O) groups is 1. The van der Waals surface area contributed by atoms with E-state index in [-0.39, 0.29) is 12.5 Å². The van der Waals surface area contributed by atoms with Crippen molar-refractivity contribution in [1.29, 1.82) is 0 Å². The minimum atomic E-state index is -1.58. The Labute approximate surface area is 584 Å². The van der Waals surface area contributed by atoms with Crippen molar-refractivity contribution in [3.05, 3.63) is 36.5 Å². The summed E-state index contributed by atoms with van der Waals surface area (Å²) in [6.45, 7) is 3.83. The number of hydrogen-bond acceptors (Lipinski definition) is 8. The first-order chi connectivity index (χ1) is 46.3. The molecule has 6 N–H and O–H groups in total. The third kappa shape index (κ3) is 61.5. The highest BCUT2D eigenvalue weighted by Gasteiger charge is 2.44. The van der Waals surface area contributed by atoms with Gasteiger partial charge in [0.1, 0.15) is 24.4 Å². The summed E-state index contributed by atoms with van der Waals surface area (Å²) in [6.07, 6.45) is 94.8. The summed E-state index contributed by atoms with van der Waals surface area (Å²) in [5.41, 5.74) is 0. The quantitative estimate of drug-likeness (QED) is 0.0261. The molecule has 9 nitrogen and oxygen atoms in total. The summed E-state index contributed by atoms with van der Waals surface area (Å²) in [6, 6.07) is -0.829. The van der Waals surface area contributed by atoms with Crippen LogP contribution in [0.1, 0.15) is 444 Å². The Morgan fingerprint density at radius 2 is 0.606 bits per heavy atom. The van der Waals surface area contributed by atoms with Crippen molar-refractivity contribution in [3.8, 4) is 0 Å². The standard InChI is InChI=1S/C85H163NO8/c1-3-5-7-9-11-13-15-17-19-21-23-25-27-29-31-33-35-36-37-38-39-40-41-42-43-45-47-49-51-53-55-57-59-61-63-65-67-69-71-73-75-81(89)86-78(77-93-85-84(92)83(91)82(90)80(76-87)94-85)79(88)74-72-70-68-66-64-62-60-58-56-54-52-50-48-46-44-34-32-30-28-26-24-22-20-18-16-14-12-10-8-6-4-2/h56,58,64,66,72,74,78-80,82-85,87-88,90-92H,3-55,57,59-63,65,67-71,73,75-77H2,1-2H3,(H,86,89)/b58-56+,66-64+,74-72+. The number of ether oxygens (including phenoxy) is 2. The monoisotopic (exact) mass is 1330 g/mol. The van der Waals surface area contributed by atoms with E-state index in [0.717, 1.165) is 44.9 Å². The van der Waals surface area contributed by atoms with Crippen LogP contribution in [-0.4, -0.2) is 87.5 Å². The average molecular weight is 1330 g/mol. The van der Waals surface area contributed by atoms with E-state index in [1.165, 1.54) is 379 Å². The Kier molecular flexibility index (Phi) is 71.3. The summed E-state index contributed by atoms with van der Waals surface area (Å²) < 4.78 is 11.3. The third-order valence-corrected chi connectivity index (χ3v) is 20.4. The van der Waals surface area contributed by atoms with Crippen LogP contribution in [-0.2, 0) is 14.3 Å². The van der Waals surface area contributed by atoms with Crippen molar-refractivity contribution in [1.82, 2.24) is 5.32 Å². The molecular formula is C85H163NO8.